The summed E-state index contributed by atoms with van der Waals surface area (Å²) >= 11 is 1.71. The van der Waals surface area contributed by atoms with Crippen molar-refractivity contribution in [3.63, 3.8) is 0 Å². The number of nitrogens with one attached hydrogen (secondary N) is 1. The van der Waals surface area contributed by atoms with Crippen molar-refractivity contribution in [1.82, 2.24) is 15.3 Å². The molecule has 1 amide bonds. The molecule has 0 saturated carbocycles. The molecule has 0 spiro atoms. The molecule has 0 aliphatic carbocycles. The molecule has 0 aromatic carbocycles. The predicted molar refractivity (Wildman–Crippen MR) is 92.7 cm³/mol. The quantitative estimate of drug-likeness (QED) is 0.925. The predicted octanol–water partition coefficient (Wildman–Crippen LogP) is 2.30. The molecule has 4 rings (SSSR count). The van der Waals surface area contributed by atoms with Gasteiger partial charge in [0.15, 0.2) is 5.13 Å². The summed E-state index contributed by atoms with van der Waals surface area (Å²) in [6, 6.07) is 3.89. The zero-order chi connectivity index (χ0) is 16.5. The molecule has 24 heavy (non-hydrogen) atoms. The molecule has 0 unspecified atom stereocenters. The molecule has 126 valence electrons. The van der Waals surface area contributed by atoms with Gasteiger partial charge in [-0.1, -0.05) is 6.07 Å². The van der Waals surface area contributed by atoms with E-state index in [-0.39, 0.29) is 11.8 Å². The average molecular weight is 344 g/mol. The standard InChI is InChI=1S/C17H20N4O2S/c1-23-16-11(5-4-6-18-16)12-9-14(22)19-10-13-15(12)24-17(20-13)21-7-2-3-8-21/h4-6,12H,2-3,7-10H2,1H3,(H,19,22)/t12-/m0/s1. The van der Waals surface area contributed by atoms with E-state index >= 15 is 0 Å². The van der Waals surface area contributed by atoms with E-state index in [4.69, 9.17) is 9.72 Å². The average Bonchev–Trinajstić information content (AvgIpc) is 3.25. The highest BCUT2D eigenvalue weighted by molar-refractivity contribution is 7.15. The summed E-state index contributed by atoms with van der Waals surface area (Å²) in [6.45, 7) is 2.64. The number of pyridine rings is 1. The number of hydrogen-bond donors (Lipinski definition) is 1. The van der Waals surface area contributed by atoms with Gasteiger partial charge < -0.3 is 15.0 Å². The molecule has 2 aromatic rings. The SMILES string of the molecule is COc1ncccc1[C@@H]1CC(=O)NCc2nc(N3CCCC3)sc21. The second kappa shape index (κ2) is 6.39. The summed E-state index contributed by atoms with van der Waals surface area (Å²) < 4.78 is 5.43. The lowest BCUT2D eigenvalue weighted by Crippen LogP contribution is -2.22. The molecule has 1 saturated heterocycles. The first kappa shape index (κ1) is 15.4. The minimum Gasteiger partial charge on any atom is -0.481 e. The van der Waals surface area contributed by atoms with Crippen LogP contribution in [0.15, 0.2) is 18.3 Å². The van der Waals surface area contributed by atoms with E-state index in [1.54, 1.807) is 24.6 Å². The lowest BCUT2D eigenvalue weighted by molar-refractivity contribution is -0.121. The number of ether oxygens (including phenoxy) is 1. The van der Waals surface area contributed by atoms with Crippen molar-refractivity contribution in [2.45, 2.75) is 31.7 Å². The van der Waals surface area contributed by atoms with E-state index in [0.717, 1.165) is 34.4 Å². The maximum absolute atomic E-state index is 12.2. The summed E-state index contributed by atoms with van der Waals surface area (Å²) in [5.41, 5.74) is 1.93. The third-order valence-electron chi connectivity index (χ3n) is 4.62. The Labute approximate surface area is 144 Å². The van der Waals surface area contributed by atoms with Crippen molar-refractivity contribution in [2.24, 2.45) is 0 Å². The van der Waals surface area contributed by atoms with Crippen molar-refractivity contribution in [3.05, 3.63) is 34.5 Å². The summed E-state index contributed by atoms with van der Waals surface area (Å²) in [6.07, 6.45) is 4.56. The molecular formula is C17H20N4O2S. The Morgan fingerprint density at radius 1 is 1.38 bits per heavy atom. The Balaban J connectivity index is 1.77. The van der Waals surface area contributed by atoms with Gasteiger partial charge in [-0.2, -0.15) is 0 Å². The number of methoxy groups -OCH3 is 1. The largest absolute Gasteiger partial charge is 0.481 e. The number of carbonyl (C=O) groups excluding carboxylic acids is 1. The highest BCUT2D eigenvalue weighted by Gasteiger charge is 2.31. The summed E-state index contributed by atoms with van der Waals surface area (Å²) in [4.78, 5) is 24.8. The Morgan fingerprint density at radius 3 is 3.00 bits per heavy atom. The molecule has 0 bridgehead atoms. The van der Waals surface area contributed by atoms with E-state index in [1.807, 2.05) is 12.1 Å². The molecule has 1 atom stereocenters. The van der Waals surface area contributed by atoms with E-state index in [0.29, 0.717) is 18.8 Å². The number of carbonyl (C=O) groups is 1. The Bertz CT molecular complexity index is 755. The Hall–Kier alpha value is -2.15. The van der Waals surface area contributed by atoms with Gasteiger partial charge >= 0.3 is 0 Å². The van der Waals surface area contributed by atoms with Crippen LogP contribution in [0.2, 0.25) is 0 Å². The lowest BCUT2D eigenvalue weighted by atomic mass is 9.94. The van der Waals surface area contributed by atoms with Gasteiger partial charge in [0.05, 0.1) is 19.3 Å². The number of fused-ring (bicyclic) bond motifs is 1. The number of thiazole rings is 1. The number of aromatic nitrogens is 2. The smallest absolute Gasteiger partial charge is 0.221 e. The van der Waals surface area contributed by atoms with Crippen molar-refractivity contribution in [3.8, 4) is 5.88 Å². The van der Waals surface area contributed by atoms with Crippen LogP contribution in [0.1, 0.15) is 41.3 Å². The zero-order valence-corrected chi connectivity index (χ0v) is 14.4. The molecule has 4 heterocycles. The van der Waals surface area contributed by atoms with E-state index in [2.05, 4.69) is 15.2 Å². The lowest BCUT2D eigenvalue weighted by Gasteiger charge is -2.16. The monoisotopic (exact) mass is 344 g/mol. The minimum atomic E-state index is -0.0556. The fourth-order valence-electron chi connectivity index (χ4n) is 3.42. The third-order valence-corrected chi connectivity index (χ3v) is 5.89. The van der Waals surface area contributed by atoms with E-state index in [9.17, 15) is 4.79 Å². The second-order valence-corrected chi connectivity index (χ2v) is 7.15. The molecule has 1 N–H and O–H groups in total. The maximum Gasteiger partial charge on any atom is 0.221 e. The highest BCUT2D eigenvalue weighted by atomic mass is 32.1. The van der Waals surface area contributed by atoms with Crippen molar-refractivity contribution in [2.75, 3.05) is 25.1 Å². The fourth-order valence-corrected chi connectivity index (χ4v) is 4.67. The van der Waals surface area contributed by atoms with Crippen molar-refractivity contribution in [1.29, 1.82) is 0 Å². The van der Waals surface area contributed by atoms with Crippen molar-refractivity contribution >= 4 is 22.4 Å². The maximum atomic E-state index is 12.2. The fraction of sp³-hybridized carbons (Fsp3) is 0.471. The number of rotatable bonds is 3. The van der Waals surface area contributed by atoms with Crippen LogP contribution in [0.3, 0.4) is 0 Å². The molecule has 1 fully saturated rings. The summed E-state index contributed by atoms with van der Waals surface area (Å²) in [5.74, 6) is 0.568. The van der Waals surface area contributed by atoms with E-state index < -0.39 is 0 Å². The third kappa shape index (κ3) is 2.73. The first-order chi connectivity index (χ1) is 11.8. The second-order valence-electron chi connectivity index (χ2n) is 6.14. The van der Waals surface area contributed by atoms with Crippen LogP contribution in [0.5, 0.6) is 5.88 Å². The van der Waals surface area contributed by atoms with Gasteiger partial charge in [0.2, 0.25) is 11.8 Å². The number of amides is 1. The van der Waals surface area contributed by atoms with Crippen LogP contribution in [-0.2, 0) is 11.3 Å². The molecule has 2 aliphatic rings. The summed E-state index contributed by atoms with van der Waals surface area (Å²) in [7, 11) is 1.62. The summed E-state index contributed by atoms with van der Waals surface area (Å²) in [5, 5.41) is 4.04. The minimum absolute atomic E-state index is 0.0406. The van der Waals surface area contributed by atoms with Crippen LogP contribution in [0, 0.1) is 0 Å². The van der Waals surface area contributed by atoms with Gasteiger partial charge in [0.1, 0.15) is 0 Å². The van der Waals surface area contributed by atoms with Crippen LogP contribution in [0.4, 0.5) is 5.13 Å². The van der Waals surface area contributed by atoms with Crippen molar-refractivity contribution < 1.29 is 9.53 Å². The molecular weight excluding hydrogens is 324 g/mol. The topological polar surface area (TPSA) is 67.3 Å². The van der Waals surface area contributed by atoms with Gasteiger partial charge in [-0.05, 0) is 18.9 Å². The number of anilines is 1. The normalized spacial score (nSPS) is 20.5. The number of hydrogen-bond acceptors (Lipinski definition) is 6. The van der Waals surface area contributed by atoms with Crippen LogP contribution >= 0.6 is 11.3 Å². The molecule has 2 aromatic heterocycles. The Morgan fingerprint density at radius 2 is 2.21 bits per heavy atom. The van der Waals surface area contributed by atoms with Crippen LogP contribution in [0.25, 0.3) is 0 Å². The van der Waals surface area contributed by atoms with Gasteiger partial charge in [-0.3, -0.25) is 4.79 Å². The molecule has 7 heteroatoms. The highest BCUT2D eigenvalue weighted by Crippen LogP contribution is 2.41. The van der Waals surface area contributed by atoms with E-state index in [1.165, 1.54) is 12.8 Å². The zero-order valence-electron chi connectivity index (χ0n) is 13.6. The van der Waals surface area contributed by atoms with Gasteiger partial charge in [0.25, 0.3) is 0 Å². The van der Waals surface area contributed by atoms with Crippen LogP contribution < -0.4 is 15.0 Å². The molecule has 2 aliphatic heterocycles. The van der Waals surface area contributed by atoms with Gasteiger partial charge in [-0.15, -0.1) is 11.3 Å². The first-order valence-corrected chi connectivity index (χ1v) is 9.08. The van der Waals surface area contributed by atoms with Gasteiger partial charge in [-0.25, -0.2) is 9.97 Å². The molecule has 0 radical (unpaired) electrons. The molecule has 6 nitrogen and oxygen atoms in total. The van der Waals surface area contributed by atoms with Crippen LogP contribution in [-0.4, -0.2) is 36.1 Å². The number of nitrogens with zero attached hydrogens (tertiary/aromatic N) is 3. The Kier molecular flexibility index (Phi) is 4.10. The first-order valence-electron chi connectivity index (χ1n) is 8.26. The van der Waals surface area contributed by atoms with Gasteiger partial charge in [0, 0.05) is 42.1 Å².